The van der Waals surface area contributed by atoms with Crippen LogP contribution in [0.5, 0.6) is 0 Å². The average Bonchev–Trinajstić information content (AvgIpc) is 2.77. The van der Waals surface area contributed by atoms with Gasteiger partial charge in [0.25, 0.3) is 0 Å². The van der Waals surface area contributed by atoms with Gasteiger partial charge in [-0.15, -0.1) is 0 Å². The first-order valence-corrected chi connectivity index (χ1v) is 6.22. The number of aryl methyl sites for hydroxylation is 1. The van der Waals surface area contributed by atoms with Gasteiger partial charge in [0.15, 0.2) is 0 Å². The molecule has 0 spiro atoms. The van der Waals surface area contributed by atoms with E-state index in [9.17, 15) is 13.9 Å². The van der Waals surface area contributed by atoms with Crippen molar-refractivity contribution in [3.8, 4) is 0 Å². The van der Waals surface area contributed by atoms with Crippen molar-refractivity contribution < 1.29 is 13.9 Å². The van der Waals surface area contributed by atoms with E-state index in [0.29, 0.717) is 17.9 Å². The molecule has 1 saturated carbocycles. The zero-order chi connectivity index (χ0) is 12.4. The van der Waals surface area contributed by atoms with Crippen LogP contribution in [0.15, 0.2) is 12.1 Å². The minimum absolute atomic E-state index is 0.156. The van der Waals surface area contributed by atoms with Gasteiger partial charge < -0.3 is 5.11 Å². The van der Waals surface area contributed by atoms with Crippen LogP contribution in [-0.2, 0) is 0 Å². The number of aliphatic hydroxyl groups is 1. The van der Waals surface area contributed by atoms with Gasteiger partial charge in [-0.05, 0) is 30.9 Å². The molecule has 1 fully saturated rings. The molecule has 1 aromatic rings. The zero-order valence-electron chi connectivity index (χ0n) is 10.0. The Morgan fingerprint density at radius 2 is 1.94 bits per heavy atom. The summed E-state index contributed by atoms with van der Waals surface area (Å²) in [4.78, 5) is 0. The predicted molar refractivity (Wildman–Crippen MR) is 62.6 cm³/mol. The van der Waals surface area contributed by atoms with Crippen molar-refractivity contribution in [2.45, 2.75) is 45.1 Å². The van der Waals surface area contributed by atoms with E-state index in [2.05, 4.69) is 0 Å². The quantitative estimate of drug-likeness (QED) is 0.849. The molecule has 17 heavy (non-hydrogen) atoms. The fraction of sp³-hybridized carbons (Fsp3) is 0.571. The van der Waals surface area contributed by atoms with Gasteiger partial charge in [-0.1, -0.05) is 31.7 Å². The summed E-state index contributed by atoms with van der Waals surface area (Å²) in [5.74, 6) is -0.835. The summed E-state index contributed by atoms with van der Waals surface area (Å²) < 4.78 is 27.3. The SMILES string of the molecule is Cc1ccc(F)c(C(O)CC2CCCC2)c1F. The molecule has 1 aliphatic carbocycles. The summed E-state index contributed by atoms with van der Waals surface area (Å²) in [6.07, 6.45) is 3.90. The molecule has 0 saturated heterocycles. The first-order valence-electron chi connectivity index (χ1n) is 6.22. The van der Waals surface area contributed by atoms with Crippen molar-refractivity contribution in [3.05, 3.63) is 34.9 Å². The third-order valence-electron chi connectivity index (χ3n) is 3.68. The molecule has 94 valence electrons. The molecule has 0 amide bonds. The molecule has 0 bridgehead atoms. The Labute approximate surface area is 100 Å². The molecule has 3 heteroatoms. The van der Waals surface area contributed by atoms with E-state index in [1.54, 1.807) is 6.92 Å². The van der Waals surface area contributed by atoms with Crippen molar-refractivity contribution in [2.75, 3.05) is 0 Å². The van der Waals surface area contributed by atoms with Crippen LogP contribution in [0.1, 0.15) is 49.3 Å². The molecule has 1 nitrogen and oxygen atoms in total. The lowest BCUT2D eigenvalue weighted by molar-refractivity contribution is 0.136. The summed E-state index contributed by atoms with van der Waals surface area (Å²) in [6.45, 7) is 1.58. The normalized spacial score (nSPS) is 18.6. The number of hydrogen-bond acceptors (Lipinski definition) is 1. The third-order valence-corrected chi connectivity index (χ3v) is 3.68. The lowest BCUT2D eigenvalue weighted by atomic mass is 9.94. The standard InChI is InChI=1S/C14H18F2O/c1-9-6-7-11(15)13(14(9)16)12(17)8-10-4-2-3-5-10/h6-7,10,12,17H,2-5,8H2,1H3. The van der Waals surface area contributed by atoms with Crippen LogP contribution >= 0.6 is 0 Å². The highest BCUT2D eigenvalue weighted by Crippen LogP contribution is 2.34. The second-order valence-corrected chi connectivity index (χ2v) is 4.99. The summed E-state index contributed by atoms with van der Waals surface area (Å²) >= 11 is 0. The van der Waals surface area contributed by atoms with Crippen molar-refractivity contribution >= 4 is 0 Å². The van der Waals surface area contributed by atoms with Gasteiger partial charge in [0, 0.05) is 0 Å². The Morgan fingerprint density at radius 3 is 2.59 bits per heavy atom. The van der Waals surface area contributed by atoms with Crippen LogP contribution in [0.25, 0.3) is 0 Å². The highest BCUT2D eigenvalue weighted by molar-refractivity contribution is 5.28. The van der Waals surface area contributed by atoms with E-state index in [4.69, 9.17) is 0 Å². The third kappa shape index (κ3) is 2.65. The molecule has 1 aromatic carbocycles. The van der Waals surface area contributed by atoms with Crippen LogP contribution in [0.4, 0.5) is 8.78 Å². The second kappa shape index (κ2) is 5.13. The van der Waals surface area contributed by atoms with E-state index in [1.807, 2.05) is 0 Å². The second-order valence-electron chi connectivity index (χ2n) is 4.99. The number of rotatable bonds is 3. The number of aliphatic hydroxyl groups excluding tert-OH is 1. The molecule has 0 heterocycles. The summed E-state index contributed by atoms with van der Waals surface area (Å²) in [6, 6.07) is 2.63. The topological polar surface area (TPSA) is 20.2 Å². The maximum absolute atomic E-state index is 13.8. The lowest BCUT2D eigenvalue weighted by Gasteiger charge is -2.17. The number of hydrogen-bond donors (Lipinski definition) is 1. The molecule has 0 radical (unpaired) electrons. The van der Waals surface area contributed by atoms with Crippen molar-refractivity contribution in [3.63, 3.8) is 0 Å². The van der Waals surface area contributed by atoms with Gasteiger partial charge in [-0.2, -0.15) is 0 Å². The highest BCUT2D eigenvalue weighted by Gasteiger charge is 2.24. The summed E-state index contributed by atoms with van der Waals surface area (Å²) in [5.41, 5.74) is 0.226. The van der Waals surface area contributed by atoms with Crippen molar-refractivity contribution in [2.24, 2.45) is 5.92 Å². The monoisotopic (exact) mass is 240 g/mol. The molecule has 0 aromatic heterocycles. The summed E-state index contributed by atoms with van der Waals surface area (Å²) in [7, 11) is 0. The van der Waals surface area contributed by atoms with E-state index in [0.717, 1.165) is 25.7 Å². The van der Waals surface area contributed by atoms with Gasteiger partial charge in [0.2, 0.25) is 0 Å². The molecule has 2 rings (SSSR count). The smallest absolute Gasteiger partial charge is 0.134 e. The Morgan fingerprint density at radius 1 is 1.29 bits per heavy atom. The van der Waals surface area contributed by atoms with E-state index < -0.39 is 17.7 Å². The minimum atomic E-state index is -1.02. The molecule has 1 atom stereocenters. The molecule has 0 aliphatic heterocycles. The Bertz CT molecular complexity index is 397. The van der Waals surface area contributed by atoms with Gasteiger partial charge in [-0.3, -0.25) is 0 Å². The van der Waals surface area contributed by atoms with E-state index in [1.165, 1.54) is 12.1 Å². The summed E-state index contributed by atoms with van der Waals surface area (Å²) in [5, 5.41) is 9.99. The minimum Gasteiger partial charge on any atom is -0.388 e. The molecular weight excluding hydrogens is 222 g/mol. The van der Waals surface area contributed by atoms with Crippen molar-refractivity contribution in [1.82, 2.24) is 0 Å². The van der Waals surface area contributed by atoms with Crippen molar-refractivity contribution in [1.29, 1.82) is 0 Å². The van der Waals surface area contributed by atoms with Crippen LogP contribution in [0, 0.1) is 24.5 Å². The molecular formula is C14H18F2O. The first-order chi connectivity index (χ1) is 8.09. The largest absolute Gasteiger partial charge is 0.388 e. The maximum Gasteiger partial charge on any atom is 0.134 e. The van der Waals surface area contributed by atoms with Crippen LogP contribution in [-0.4, -0.2) is 5.11 Å². The van der Waals surface area contributed by atoms with E-state index in [-0.39, 0.29) is 5.56 Å². The van der Waals surface area contributed by atoms with Gasteiger partial charge in [0.1, 0.15) is 11.6 Å². The number of halogens is 2. The van der Waals surface area contributed by atoms with Gasteiger partial charge in [0.05, 0.1) is 11.7 Å². The molecule has 1 unspecified atom stereocenters. The Balaban J connectivity index is 2.17. The number of benzene rings is 1. The van der Waals surface area contributed by atoms with Gasteiger partial charge in [-0.25, -0.2) is 8.78 Å². The fourth-order valence-electron chi connectivity index (χ4n) is 2.66. The Hall–Kier alpha value is -0.960. The fourth-order valence-corrected chi connectivity index (χ4v) is 2.66. The zero-order valence-corrected chi connectivity index (χ0v) is 10.0. The van der Waals surface area contributed by atoms with E-state index >= 15 is 0 Å². The van der Waals surface area contributed by atoms with Crippen LogP contribution < -0.4 is 0 Å². The average molecular weight is 240 g/mol. The lowest BCUT2D eigenvalue weighted by Crippen LogP contribution is -2.09. The predicted octanol–water partition coefficient (Wildman–Crippen LogP) is 3.89. The highest BCUT2D eigenvalue weighted by atomic mass is 19.1. The molecule has 1 aliphatic rings. The van der Waals surface area contributed by atoms with Crippen LogP contribution in [0.3, 0.4) is 0 Å². The Kier molecular flexibility index (Phi) is 3.77. The maximum atomic E-state index is 13.8. The van der Waals surface area contributed by atoms with Crippen LogP contribution in [0.2, 0.25) is 0 Å². The first kappa shape index (κ1) is 12.5. The molecule has 1 N–H and O–H groups in total. The van der Waals surface area contributed by atoms with Gasteiger partial charge >= 0.3 is 0 Å².